The van der Waals surface area contributed by atoms with Crippen LogP contribution in [0.25, 0.3) is 0 Å². The van der Waals surface area contributed by atoms with Crippen molar-refractivity contribution in [3.63, 3.8) is 0 Å². The molecule has 1 aliphatic rings. The zero-order valence-corrected chi connectivity index (χ0v) is 11.8. The van der Waals surface area contributed by atoms with Crippen molar-refractivity contribution in [1.29, 1.82) is 0 Å². The number of halogens is 1. The second-order valence-corrected chi connectivity index (χ2v) is 5.20. The van der Waals surface area contributed by atoms with Gasteiger partial charge in [0.05, 0.1) is 23.1 Å². The molecular weight excluding hydrogens is 292 g/mol. The molecule has 21 heavy (non-hydrogen) atoms. The van der Waals surface area contributed by atoms with Crippen molar-refractivity contribution in [2.75, 3.05) is 5.32 Å². The molecule has 6 heteroatoms. The molecule has 1 aromatic heterocycles. The molecule has 0 bridgehead atoms. The summed E-state index contributed by atoms with van der Waals surface area (Å²) in [5.74, 6) is -0.605. The van der Waals surface area contributed by atoms with Crippen LogP contribution in [0.5, 0.6) is 0 Å². The zero-order valence-electron chi connectivity index (χ0n) is 11.1. The van der Waals surface area contributed by atoms with Crippen molar-refractivity contribution in [1.82, 2.24) is 5.32 Å². The molecule has 1 heterocycles. The molecule has 2 amide bonds. The minimum absolute atomic E-state index is 0.0208. The van der Waals surface area contributed by atoms with E-state index in [1.165, 1.54) is 12.3 Å². The molecule has 0 spiro atoms. The van der Waals surface area contributed by atoms with E-state index in [9.17, 15) is 9.59 Å². The number of carbonyl (C=O) groups is 2. The zero-order chi connectivity index (χ0) is 14.8. The molecule has 108 valence electrons. The molecule has 0 atom stereocenters. The van der Waals surface area contributed by atoms with Gasteiger partial charge < -0.3 is 15.1 Å². The van der Waals surface area contributed by atoms with Crippen LogP contribution in [0.15, 0.2) is 41.0 Å². The van der Waals surface area contributed by atoms with Crippen LogP contribution in [0, 0.1) is 0 Å². The molecule has 2 N–H and O–H groups in total. The van der Waals surface area contributed by atoms with Gasteiger partial charge in [0.25, 0.3) is 11.8 Å². The van der Waals surface area contributed by atoms with E-state index in [0.717, 1.165) is 12.8 Å². The lowest BCUT2D eigenvalue weighted by molar-refractivity contribution is 0.0952. The van der Waals surface area contributed by atoms with E-state index in [0.29, 0.717) is 11.3 Å². The molecule has 0 aliphatic heterocycles. The predicted octanol–water partition coefficient (Wildman–Crippen LogP) is 3.08. The van der Waals surface area contributed by atoms with Gasteiger partial charge in [-0.3, -0.25) is 9.59 Å². The Bertz CT molecular complexity index is 692. The Kier molecular flexibility index (Phi) is 3.66. The number of rotatable bonds is 4. The maximum absolute atomic E-state index is 12.1. The van der Waals surface area contributed by atoms with E-state index in [2.05, 4.69) is 10.6 Å². The number of anilines is 1. The van der Waals surface area contributed by atoms with Crippen LogP contribution in [0.2, 0.25) is 5.22 Å². The molecule has 1 saturated carbocycles. The van der Waals surface area contributed by atoms with Gasteiger partial charge in [0.1, 0.15) is 0 Å². The van der Waals surface area contributed by atoms with Crippen molar-refractivity contribution in [3.8, 4) is 0 Å². The topological polar surface area (TPSA) is 71.3 Å². The van der Waals surface area contributed by atoms with E-state index in [-0.39, 0.29) is 22.7 Å². The molecule has 0 saturated heterocycles. The van der Waals surface area contributed by atoms with Crippen molar-refractivity contribution in [3.05, 3.63) is 52.9 Å². The SMILES string of the molecule is O=C(NC1CC1)c1ccccc1NC(=O)c1ccoc1Cl. The van der Waals surface area contributed by atoms with E-state index in [4.69, 9.17) is 16.0 Å². The Morgan fingerprint density at radius 2 is 1.86 bits per heavy atom. The van der Waals surface area contributed by atoms with Crippen LogP contribution in [0.1, 0.15) is 33.6 Å². The number of para-hydroxylation sites is 1. The summed E-state index contributed by atoms with van der Waals surface area (Å²) in [5.41, 5.74) is 1.10. The average Bonchev–Trinajstić information content (AvgIpc) is 3.17. The lowest BCUT2D eigenvalue weighted by Crippen LogP contribution is -2.27. The minimum Gasteiger partial charge on any atom is -0.452 e. The number of benzene rings is 1. The Hall–Kier alpha value is -2.27. The first-order chi connectivity index (χ1) is 10.1. The van der Waals surface area contributed by atoms with Crippen LogP contribution in [-0.4, -0.2) is 17.9 Å². The summed E-state index contributed by atoms with van der Waals surface area (Å²) in [4.78, 5) is 24.3. The molecule has 1 fully saturated rings. The van der Waals surface area contributed by atoms with Crippen LogP contribution < -0.4 is 10.6 Å². The first kappa shape index (κ1) is 13.7. The molecule has 0 unspecified atom stereocenters. The minimum atomic E-state index is -0.416. The normalized spacial score (nSPS) is 13.8. The first-order valence-electron chi connectivity index (χ1n) is 6.59. The monoisotopic (exact) mass is 304 g/mol. The number of hydrogen-bond donors (Lipinski definition) is 2. The van der Waals surface area contributed by atoms with E-state index in [1.54, 1.807) is 24.3 Å². The van der Waals surface area contributed by atoms with Gasteiger partial charge in [-0.2, -0.15) is 0 Å². The largest absolute Gasteiger partial charge is 0.452 e. The quantitative estimate of drug-likeness (QED) is 0.912. The van der Waals surface area contributed by atoms with Gasteiger partial charge in [0, 0.05) is 6.04 Å². The molecule has 5 nitrogen and oxygen atoms in total. The molecule has 3 rings (SSSR count). The maximum atomic E-state index is 12.1. The lowest BCUT2D eigenvalue weighted by atomic mass is 10.1. The smallest absolute Gasteiger partial charge is 0.260 e. The van der Waals surface area contributed by atoms with Crippen molar-refractivity contribution >= 4 is 29.1 Å². The van der Waals surface area contributed by atoms with E-state index in [1.807, 2.05) is 0 Å². The number of nitrogens with one attached hydrogen (secondary N) is 2. The summed E-state index contributed by atoms with van der Waals surface area (Å²) in [5, 5.41) is 5.60. The predicted molar refractivity (Wildman–Crippen MR) is 78.6 cm³/mol. The van der Waals surface area contributed by atoms with Gasteiger partial charge in [-0.1, -0.05) is 12.1 Å². The summed E-state index contributed by atoms with van der Waals surface area (Å²) in [7, 11) is 0. The molecule has 1 aliphatic carbocycles. The lowest BCUT2D eigenvalue weighted by Gasteiger charge is -2.10. The third-order valence-corrected chi connectivity index (χ3v) is 3.49. The van der Waals surface area contributed by atoms with Crippen LogP contribution in [-0.2, 0) is 0 Å². The second kappa shape index (κ2) is 5.61. The Balaban J connectivity index is 1.80. The average molecular weight is 305 g/mol. The van der Waals surface area contributed by atoms with Crippen LogP contribution in [0.4, 0.5) is 5.69 Å². The maximum Gasteiger partial charge on any atom is 0.260 e. The Labute approximate surface area is 126 Å². The van der Waals surface area contributed by atoms with Crippen LogP contribution in [0.3, 0.4) is 0 Å². The van der Waals surface area contributed by atoms with Gasteiger partial charge in [-0.15, -0.1) is 0 Å². The highest BCUT2D eigenvalue weighted by Crippen LogP contribution is 2.23. The van der Waals surface area contributed by atoms with Gasteiger partial charge in [-0.05, 0) is 42.6 Å². The fourth-order valence-corrected chi connectivity index (χ4v) is 2.13. The summed E-state index contributed by atoms with van der Waals surface area (Å²) in [6.07, 6.45) is 3.35. The Morgan fingerprint density at radius 1 is 1.10 bits per heavy atom. The highest BCUT2D eigenvalue weighted by molar-refractivity contribution is 6.32. The number of carbonyl (C=O) groups excluding carboxylic acids is 2. The second-order valence-electron chi connectivity index (χ2n) is 4.86. The van der Waals surface area contributed by atoms with E-state index >= 15 is 0 Å². The third kappa shape index (κ3) is 3.08. The number of hydrogen-bond acceptors (Lipinski definition) is 3. The van der Waals surface area contributed by atoms with Gasteiger partial charge >= 0.3 is 0 Å². The molecular formula is C15H13ClN2O3. The standard InChI is InChI=1S/C15H13ClN2O3/c16-13-11(7-8-21-13)15(20)18-12-4-2-1-3-10(12)14(19)17-9-5-6-9/h1-4,7-9H,5-6H2,(H,17,19)(H,18,20). The number of amides is 2. The van der Waals surface area contributed by atoms with Gasteiger partial charge in [0.2, 0.25) is 5.22 Å². The van der Waals surface area contributed by atoms with E-state index < -0.39 is 5.91 Å². The molecule has 1 aromatic carbocycles. The van der Waals surface area contributed by atoms with Crippen molar-refractivity contribution in [2.24, 2.45) is 0 Å². The highest BCUT2D eigenvalue weighted by atomic mass is 35.5. The molecule has 0 radical (unpaired) electrons. The fourth-order valence-electron chi connectivity index (χ4n) is 1.93. The van der Waals surface area contributed by atoms with Crippen molar-refractivity contribution in [2.45, 2.75) is 18.9 Å². The summed E-state index contributed by atoms with van der Waals surface area (Å²) in [6, 6.07) is 8.58. The van der Waals surface area contributed by atoms with Gasteiger partial charge in [0.15, 0.2) is 0 Å². The van der Waals surface area contributed by atoms with Crippen molar-refractivity contribution < 1.29 is 14.0 Å². The Morgan fingerprint density at radius 3 is 2.52 bits per heavy atom. The third-order valence-electron chi connectivity index (χ3n) is 3.20. The summed E-state index contributed by atoms with van der Waals surface area (Å²) >= 11 is 5.77. The van der Waals surface area contributed by atoms with Crippen LogP contribution >= 0.6 is 11.6 Å². The fraction of sp³-hybridized carbons (Fsp3) is 0.200. The highest BCUT2D eigenvalue weighted by Gasteiger charge is 2.25. The van der Waals surface area contributed by atoms with Gasteiger partial charge in [-0.25, -0.2) is 0 Å². The molecule has 2 aromatic rings. The first-order valence-corrected chi connectivity index (χ1v) is 6.97. The summed E-state index contributed by atoms with van der Waals surface area (Å²) < 4.78 is 4.89. The number of furan rings is 1. The summed E-state index contributed by atoms with van der Waals surface area (Å²) in [6.45, 7) is 0.